The molecule has 2 aromatic carbocycles. The Hall–Kier alpha value is -2.88. The summed E-state index contributed by atoms with van der Waals surface area (Å²) in [7, 11) is 0. The van der Waals surface area contributed by atoms with Gasteiger partial charge in [0.1, 0.15) is 11.5 Å². The third-order valence-corrected chi connectivity index (χ3v) is 5.65. The molecule has 0 atom stereocenters. The molecule has 0 amide bonds. The highest BCUT2D eigenvalue weighted by atomic mass is 16.3. The number of rotatable bonds is 1. The molecular formula is C26H30O4. The Morgan fingerprint density at radius 2 is 1.23 bits per heavy atom. The normalized spacial score (nSPS) is 14.9. The van der Waals surface area contributed by atoms with Crippen LogP contribution in [0.1, 0.15) is 85.3 Å². The van der Waals surface area contributed by atoms with Crippen LogP contribution in [0.2, 0.25) is 0 Å². The van der Waals surface area contributed by atoms with Crippen molar-refractivity contribution in [3.63, 3.8) is 0 Å². The zero-order valence-electron chi connectivity index (χ0n) is 19.0. The van der Waals surface area contributed by atoms with Crippen LogP contribution in [0.25, 0.3) is 11.3 Å². The number of benzene rings is 2. The molecule has 0 aliphatic heterocycles. The van der Waals surface area contributed by atoms with Crippen molar-refractivity contribution in [2.24, 2.45) is 0 Å². The zero-order chi connectivity index (χ0) is 22.8. The minimum absolute atomic E-state index is 0.00602. The molecule has 1 aliphatic carbocycles. The van der Waals surface area contributed by atoms with Crippen molar-refractivity contribution < 1.29 is 19.8 Å². The fourth-order valence-corrected chi connectivity index (χ4v) is 4.12. The Morgan fingerprint density at radius 1 is 0.733 bits per heavy atom. The van der Waals surface area contributed by atoms with E-state index >= 15 is 0 Å². The van der Waals surface area contributed by atoms with Gasteiger partial charge in [0.05, 0.1) is 5.57 Å². The number of phenolic OH excluding ortho intramolecular Hbond substituents is 1. The van der Waals surface area contributed by atoms with Gasteiger partial charge in [-0.05, 0) is 54.0 Å². The molecule has 4 nitrogen and oxygen atoms in total. The summed E-state index contributed by atoms with van der Waals surface area (Å²) < 4.78 is 0. The van der Waals surface area contributed by atoms with Gasteiger partial charge in [0.25, 0.3) is 0 Å². The predicted molar refractivity (Wildman–Crippen MR) is 120 cm³/mol. The van der Waals surface area contributed by atoms with Crippen LogP contribution < -0.4 is 0 Å². The second kappa shape index (κ2) is 6.83. The van der Waals surface area contributed by atoms with Gasteiger partial charge in [0.15, 0.2) is 0 Å². The summed E-state index contributed by atoms with van der Waals surface area (Å²) >= 11 is 0. The third kappa shape index (κ3) is 3.45. The average Bonchev–Trinajstić information content (AvgIpc) is 2.58. The van der Waals surface area contributed by atoms with Crippen molar-refractivity contribution in [1.82, 2.24) is 0 Å². The Morgan fingerprint density at radius 3 is 1.70 bits per heavy atom. The maximum absolute atomic E-state index is 13.1. The molecule has 158 valence electrons. The van der Waals surface area contributed by atoms with E-state index in [2.05, 4.69) is 0 Å². The number of aromatic hydroxyl groups is 1. The molecule has 0 fully saturated rings. The van der Waals surface area contributed by atoms with Crippen LogP contribution in [0.4, 0.5) is 0 Å². The maximum Gasteiger partial charge on any atom is 0.237 e. The van der Waals surface area contributed by atoms with Gasteiger partial charge in [-0.1, -0.05) is 53.2 Å². The Kier molecular flexibility index (Phi) is 4.97. The van der Waals surface area contributed by atoms with Crippen molar-refractivity contribution in [3.05, 3.63) is 63.2 Å². The summed E-state index contributed by atoms with van der Waals surface area (Å²) in [5, 5.41) is 22.1. The first kappa shape index (κ1) is 21.8. The van der Waals surface area contributed by atoms with Crippen molar-refractivity contribution in [3.8, 4) is 5.75 Å². The molecular weight excluding hydrogens is 376 g/mol. The molecule has 0 saturated heterocycles. The fraction of sp³-hybridized carbons (Fsp3) is 0.385. The molecule has 0 aromatic heterocycles. The van der Waals surface area contributed by atoms with Gasteiger partial charge in [-0.2, -0.15) is 0 Å². The van der Waals surface area contributed by atoms with Crippen LogP contribution >= 0.6 is 0 Å². The number of hydrogen-bond donors (Lipinski definition) is 2. The van der Waals surface area contributed by atoms with E-state index in [0.717, 1.165) is 5.56 Å². The predicted octanol–water partition coefficient (Wildman–Crippen LogP) is 5.80. The summed E-state index contributed by atoms with van der Waals surface area (Å²) in [6.07, 6.45) is 0. The zero-order valence-corrected chi connectivity index (χ0v) is 19.0. The molecule has 0 radical (unpaired) electrons. The molecule has 4 heteroatoms. The number of hydrogen-bond acceptors (Lipinski definition) is 4. The molecule has 0 unspecified atom stereocenters. The number of carbonyl (C=O) groups excluding carboxylic acids is 2. The second-order valence-corrected chi connectivity index (χ2v) is 10.3. The van der Waals surface area contributed by atoms with Crippen molar-refractivity contribution in [1.29, 1.82) is 0 Å². The molecule has 0 heterocycles. The monoisotopic (exact) mass is 406 g/mol. The van der Waals surface area contributed by atoms with E-state index in [1.165, 1.54) is 0 Å². The molecule has 0 bridgehead atoms. The molecule has 0 spiro atoms. The summed E-state index contributed by atoms with van der Waals surface area (Å²) in [4.78, 5) is 26.1. The summed E-state index contributed by atoms with van der Waals surface area (Å²) in [5.74, 6) is -1.34. The van der Waals surface area contributed by atoms with Crippen LogP contribution in [0.15, 0.2) is 24.3 Å². The van der Waals surface area contributed by atoms with Gasteiger partial charge < -0.3 is 10.2 Å². The number of Topliss-reactive ketones (excluding diaryl/α,β-unsaturated/α-hetero) is 2. The smallest absolute Gasteiger partial charge is 0.237 e. The topological polar surface area (TPSA) is 74.6 Å². The first-order valence-electron chi connectivity index (χ1n) is 10.2. The number of carbonyl (C=O) groups is 2. The second-order valence-electron chi connectivity index (χ2n) is 10.3. The number of fused-ring (bicyclic) bond motifs is 1. The lowest BCUT2D eigenvalue weighted by Gasteiger charge is -2.29. The SMILES string of the molecule is Cc1cc(C)c2c(c1)C(O)=C(c1cc(C(C)(C)C)c(O)c(C(C)(C)C)c1)C(=O)C2=O. The van der Waals surface area contributed by atoms with Gasteiger partial charge >= 0.3 is 0 Å². The molecule has 1 aliphatic rings. The summed E-state index contributed by atoms with van der Waals surface area (Å²) in [6, 6.07) is 7.00. The van der Waals surface area contributed by atoms with E-state index in [4.69, 9.17) is 0 Å². The number of aliphatic hydroxyl groups excluding tert-OH is 1. The quantitative estimate of drug-likeness (QED) is 0.587. The van der Waals surface area contributed by atoms with Crippen LogP contribution in [0.3, 0.4) is 0 Å². The highest BCUT2D eigenvalue weighted by Crippen LogP contribution is 2.43. The van der Waals surface area contributed by atoms with E-state index in [1.54, 1.807) is 25.1 Å². The lowest BCUT2D eigenvalue weighted by atomic mass is 9.76. The maximum atomic E-state index is 13.1. The molecule has 2 N–H and O–H groups in total. The van der Waals surface area contributed by atoms with E-state index in [-0.39, 0.29) is 22.6 Å². The van der Waals surface area contributed by atoms with E-state index in [0.29, 0.717) is 27.8 Å². The lowest BCUT2D eigenvalue weighted by molar-refractivity contribution is -0.110. The van der Waals surface area contributed by atoms with Gasteiger partial charge in [0, 0.05) is 22.3 Å². The van der Waals surface area contributed by atoms with Crippen molar-refractivity contribution in [2.75, 3.05) is 0 Å². The van der Waals surface area contributed by atoms with Crippen LogP contribution in [-0.2, 0) is 15.6 Å². The largest absolute Gasteiger partial charge is 0.507 e. The van der Waals surface area contributed by atoms with Gasteiger partial charge in [-0.3, -0.25) is 9.59 Å². The van der Waals surface area contributed by atoms with Crippen molar-refractivity contribution >= 4 is 22.9 Å². The lowest BCUT2D eigenvalue weighted by Crippen LogP contribution is -2.25. The van der Waals surface area contributed by atoms with Crippen LogP contribution in [0.5, 0.6) is 5.75 Å². The first-order chi connectivity index (χ1) is 13.6. The Labute approximate surface area is 178 Å². The number of phenols is 1. The highest BCUT2D eigenvalue weighted by Gasteiger charge is 2.37. The number of ketones is 2. The molecule has 2 aromatic rings. The Balaban J connectivity index is 2.42. The van der Waals surface area contributed by atoms with Gasteiger partial charge in [0.2, 0.25) is 11.6 Å². The minimum atomic E-state index is -0.725. The minimum Gasteiger partial charge on any atom is -0.507 e. The van der Waals surface area contributed by atoms with Gasteiger partial charge in [-0.15, -0.1) is 0 Å². The van der Waals surface area contributed by atoms with E-state index < -0.39 is 22.4 Å². The molecule has 30 heavy (non-hydrogen) atoms. The number of aryl methyl sites for hydroxylation is 2. The van der Waals surface area contributed by atoms with E-state index in [1.807, 2.05) is 54.5 Å². The van der Waals surface area contributed by atoms with Crippen molar-refractivity contribution in [2.45, 2.75) is 66.2 Å². The van der Waals surface area contributed by atoms with E-state index in [9.17, 15) is 19.8 Å². The number of aliphatic hydroxyl groups is 1. The standard InChI is InChI=1S/C26H30O4/c1-13-9-14(2)19-16(10-13)21(27)20(24(30)23(19)29)15-11-17(25(3,4)5)22(28)18(12-15)26(6,7)8/h9-12,27-28H,1-8H3. The molecule has 3 rings (SSSR count). The highest BCUT2D eigenvalue weighted by molar-refractivity contribution is 6.62. The summed E-state index contributed by atoms with van der Waals surface area (Å²) in [5.41, 5.74) is 3.19. The first-order valence-corrected chi connectivity index (χ1v) is 10.2. The summed E-state index contributed by atoms with van der Waals surface area (Å²) in [6.45, 7) is 15.5. The van der Waals surface area contributed by atoms with Crippen LogP contribution in [-0.4, -0.2) is 21.8 Å². The Bertz CT molecular complexity index is 1080. The third-order valence-electron chi connectivity index (χ3n) is 5.65. The van der Waals surface area contributed by atoms with Gasteiger partial charge in [-0.25, -0.2) is 0 Å². The average molecular weight is 407 g/mol. The number of allylic oxidation sites excluding steroid dienone is 1. The molecule has 0 saturated carbocycles. The van der Waals surface area contributed by atoms with Crippen LogP contribution in [0, 0.1) is 13.8 Å². The fourth-order valence-electron chi connectivity index (χ4n) is 4.12.